The molecular formula is C10H15NO4. The average Bonchev–Trinajstić information content (AvgIpc) is 2.57. The molecule has 0 amide bonds. The smallest absolute Gasteiger partial charge is 0.335 e. The first-order valence-electron chi connectivity index (χ1n) is 5.31. The third-order valence-electron chi connectivity index (χ3n) is 3.64. The van der Waals surface area contributed by atoms with E-state index in [1.807, 2.05) is 0 Å². The van der Waals surface area contributed by atoms with Crippen molar-refractivity contribution in [3.05, 3.63) is 0 Å². The predicted molar refractivity (Wildman–Crippen MR) is 51.5 cm³/mol. The summed E-state index contributed by atoms with van der Waals surface area (Å²) < 4.78 is 0. The van der Waals surface area contributed by atoms with Gasteiger partial charge in [0.05, 0.1) is 0 Å². The van der Waals surface area contributed by atoms with E-state index in [4.69, 9.17) is 10.2 Å². The normalized spacial score (nSPS) is 33.3. The second-order valence-electron chi connectivity index (χ2n) is 4.52. The van der Waals surface area contributed by atoms with Gasteiger partial charge in [0.1, 0.15) is 0 Å². The van der Waals surface area contributed by atoms with Gasteiger partial charge < -0.3 is 10.2 Å². The van der Waals surface area contributed by atoms with E-state index in [-0.39, 0.29) is 18.4 Å². The largest absolute Gasteiger partial charge is 0.479 e. The molecular weight excluding hydrogens is 198 g/mol. The molecule has 15 heavy (non-hydrogen) atoms. The van der Waals surface area contributed by atoms with Crippen molar-refractivity contribution < 1.29 is 19.8 Å². The molecule has 1 aliphatic carbocycles. The summed E-state index contributed by atoms with van der Waals surface area (Å²) in [5, 5.41) is 20.9. The van der Waals surface area contributed by atoms with Crippen molar-refractivity contribution in [1.29, 1.82) is 0 Å². The predicted octanol–water partition coefficient (Wildman–Crippen LogP) is 0.446. The van der Waals surface area contributed by atoms with Crippen LogP contribution in [0.1, 0.15) is 32.1 Å². The minimum absolute atomic E-state index is 0.0750. The van der Waals surface area contributed by atoms with Crippen LogP contribution in [0.2, 0.25) is 0 Å². The van der Waals surface area contributed by atoms with E-state index >= 15 is 0 Å². The maximum absolute atomic E-state index is 11.1. The molecule has 0 aromatic heterocycles. The van der Waals surface area contributed by atoms with Gasteiger partial charge in [-0.3, -0.25) is 5.32 Å². The van der Waals surface area contributed by atoms with Crippen LogP contribution in [0.15, 0.2) is 0 Å². The maximum Gasteiger partial charge on any atom is 0.335 e. The molecule has 84 valence electrons. The molecule has 2 fully saturated rings. The highest BCUT2D eigenvalue weighted by molar-refractivity contribution is 6.03. The molecule has 1 heterocycles. The maximum atomic E-state index is 11.1. The molecule has 2 aliphatic rings. The fourth-order valence-electron chi connectivity index (χ4n) is 2.80. The van der Waals surface area contributed by atoms with E-state index in [0.717, 1.165) is 25.7 Å². The van der Waals surface area contributed by atoms with Crippen molar-refractivity contribution in [3.8, 4) is 0 Å². The van der Waals surface area contributed by atoms with Crippen molar-refractivity contribution in [3.63, 3.8) is 0 Å². The molecule has 1 saturated heterocycles. The van der Waals surface area contributed by atoms with Crippen LogP contribution in [0.3, 0.4) is 0 Å². The fraction of sp³-hybridized carbons (Fsp3) is 0.800. The van der Waals surface area contributed by atoms with Crippen molar-refractivity contribution in [2.45, 2.75) is 43.7 Å². The van der Waals surface area contributed by atoms with E-state index in [2.05, 4.69) is 5.32 Å². The van der Waals surface area contributed by atoms with E-state index < -0.39 is 17.5 Å². The Labute approximate surface area is 87.5 Å². The number of fused-ring (bicyclic) bond motifs is 1. The molecule has 2 rings (SSSR count). The fourth-order valence-corrected chi connectivity index (χ4v) is 2.80. The van der Waals surface area contributed by atoms with E-state index in [1.54, 1.807) is 0 Å². The number of rotatable bonds is 2. The third kappa shape index (κ3) is 1.51. The van der Waals surface area contributed by atoms with Gasteiger partial charge >= 0.3 is 11.9 Å². The Kier molecular flexibility index (Phi) is 2.42. The Morgan fingerprint density at radius 1 is 1.13 bits per heavy atom. The lowest BCUT2D eigenvalue weighted by Crippen LogP contribution is -2.56. The van der Waals surface area contributed by atoms with Gasteiger partial charge in [0.25, 0.3) is 0 Å². The Hall–Kier alpha value is -1.10. The van der Waals surface area contributed by atoms with Gasteiger partial charge in [-0.25, -0.2) is 9.59 Å². The first-order chi connectivity index (χ1) is 7.06. The van der Waals surface area contributed by atoms with Crippen LogP contribution in [0.25, 0.3) is 0 Å². The Morgan fingerprint density at radius 3 is 2.27 bits per heavy atom. The molecule has 0 bridgehead atoms. The highest BCUT2D eigenvalue weighted by Crippen LogP contribution is 2.38. The summed E-state index contributed by atoms with van der Waals surface area (Å²) in [4.78, 5) is 22.1. The topological polar surface area (TPSA) is 86.6 Å². The van der Waals surface area contributed by atoms with Crippen molar-refractivity contribution >= 4 is 11.9 Å². The summed E-state index contributed by atoms with van der Waals surface area (Å²) in [6.45, 7) is 0. The zero-order valence-corrected chi connectivity index (χ0v) is 8.40. The second-order valence-corrected chi connectivity index (χ2v) is 4.52. The minimum Gasteiger partial charge on any atom is -0.479 e. The zero-order valence-electron chi connectivity index (χ0n) is 8.40. The van der Waals surface area contributed by atoms with Gasteiger partial charge in [0.2, 0.25) is 5.54 Å². The Balaban J connectivity index is 2.23. The van der Waals surface area contributed by atoms with Crippen LogP contribution in [-0.4, -0.2) is 33.7 Å². The van der Waals surface area contributed by atoms with Gasteiger partial charge in [0.15, 0.2) is 0 Å². The molecule has 1 saturated carbocycles. The molecule has 5 heteroatoms. The molecule has 5 nitrogen and oxygen atoms in total. The Morgan fingerprint density at radius 2 is 1.73 bits per heavy atom. The summed E-state index contributed by atoms with van der Waals surface area (Å²) >= 11 is 0. The zero-order chi connectivity index (χ0) is 11.1. The number of carbonyl (C=O) groups is 2. The monoisotopic (exact) mass is 213 g/mol. The molecule has 0 spiro atoms. The standard InChI is InChI=1S/C10H15NO4/c12-8(13)10(9(14)15)5-6-3-1-2-4-7(6)11-10/h6-7,11H,1-5H2,(H,12,13)(H,14,15)/t6?,7-/m0/s1. The summed E-state index contributed by atoms with van der Waals surface area (Å²) in [5.74, 6) is -2.31. The van der Waals surface area contributed by atoms with Crippen molar-refractivity contribution in [2.75, 3.05) is 0 Å². The average molecular weight is 213 g/mol. The molecule has 1 unspecified atom stereocenters. The molecule has 0 radical (unpaired) electrons. The van der Waals surface area contributed by atoms with Crippen molar-refractivity contribution in [1.82, 2.24) is 5.32 Å². The molecule has 3 N–H and O–H groups in total. The van der Waals surface area contributed by atoms with E-state index in [1.165, 1.54) is 0 Å². The first-order valence-corrected chi connectivity index (χ1v) is 5.31. The Bertz CT molecular complexity index is 272. The number of aliphatic carboxylic acids is 2. The second kappa shape index (κ2) is 3.48. The quantitative estimate of drug-likeness (QED) is 0.580. The van der Waals surface area contributed by atoms with Crippen LogP contribution in [0.5, 0.6) is 0 Å². The SMILES string of the molecule is O=C(O)C1(C(=O)O)CC2CCCC[C@@H]2N1. The summed E-state index contributed by atoms with van der Waals surface area (Å²) in [6, 6.07) is 0.0750. The van der Waals surface area contributed by atoms with Gasteiger partial charge in [-0.15, -0.1) is 0 Å². The lowest BCUT2D eigenvalue weighted by molar-refractivity contribution is -0.158. The van der Waals surface area contributed by atoms with Gasteiger partial charge in [-0.2, -0.15) is 0 Å². The lowest BCUT2D eigenvalue weighted by Gasteiger charge is -2.24. The lowest BCUT2D eigenvalue weighted by atomic mass is 9.83. The van der Waals surface area contributed by atoms with Gasteiger partial charge in [-0.1, -0.05) is 12.8 Å². The summed E-state index contributed by atoms with van der Waals surface area (Å²) in [7, 11) is 0. The number of nitrogens with one attached hydrogen (secondary N) is 1. The first kappa shape index (κ1) is 10.4. The van der Waals surface area contributed by atoms with Crippen LogP contribution in [0, 0.1) is 5.92 Å². The van der Waals surface area contributed by atoms with Crippen LogP contribution in [0.4, 0.5) is 0 Å². The molecule has 1 aliphatic heterocycles. The number of hydrogen-bond donors (Lipinski definition) is 3. The minimum atomic E-state index is -1.74. The summed E-state index contributed by atoms with van der Waals surface area (Å²) in [5.41, 5.74) is -1.74. The number of carboxylic acids is 2. The van der Waals surface area contributed by atoms with Gasteiger partial charge in [-0.05, 0) is 25.2 Å². The number of carboxylic acid groups (broad SMARTS) is 2. The molecule has 0 aromatic rings. The third-order valence-corrected chi connectivity index (χ3v) is 3.64. The highest BCUT2D eigenvalue weighted by Gasteiger charge is 2.55. The van der Waals surface area contributed by atoms with E-state index in [9.17, 15) is 9.59 Å². The highest BCUT2D eigenvalue weighted by atomic mass is 16.4. The van der Waals surface area contributed by atoms with Gasteiger partial charge in [0, 0.05) is 6.04 Å². The van der Waals surface area contributed by atoms with Crippen LogP contribution in [-0.2, 0) is 9.59 Å². The molecule has 0 aromatic carbocycles. The molecule has 2 atom stereocenters. The van der Waals surface area contributed by atoms with Crippen molar-refractivity contribution in [2.24, 2.45) is 5.92 Å². The van der Waals surface area contributed by atoms with Crippen LogP contribution >= 0.6 is 0 Å². The summed E-state index contributed by atoms with van der Waals surface area (Å²) in [6.07, 6.45) is 4.21. The number of hydrogen-bond acceptors (Lipinski definition) is 3. The van der Waals surface area contributed by atoms with Crippen LogP contribution < -0.4 is 5.32 Å². The van der Waals surface area contributed by atoms with E-state index in [0.29, 0.717) is 0 Å².